The zero-order chi connectivity index (χ0) is 15.9. The van der Waals surface area contributed by atoms with E-state index in [0.717, 1.165) is 46.7 Å². The number of hydrogen-bond donors (Lipinski definition) is 3. The predicted octanol–water partition coefficient (Wildman–Crippen LogP) is 2.97. The molecule has 4 heterocycles. The van der Waals surface area contributed by atoms with Crippen LogP contribution in [-0.4, -0.2) is 38.2 Å². The second kappa shape index (κ2) is 5.42. The Morgan fingerprint density at radius 1 is 1.04 bits per heavy atom. The Hall–Kier alpha value is -2.73. The number of aromatic nitrogens is 5. The van der Waals surface area contributed by atoms with E-state index in [9.17, 15) is 0 Å². The lowest BCUT2D eigenvalue weighted by Crippen LogP contribution is -2.26. The van der Waals surface area contributed by atoms with Crippen LogP contribution in [-0.2, 0) is 0 Å². The zero-order valence-electron chi connectivity index (χ0n) is 13.2. The topological polar surface area (TPSA) is 82.3 Å². The van der Waals surface area contributed by atoms with E-state index in [1.54, 1.807) is 6.20 Å². The average molecular weight is 318 g/mol. The Labute approximate surface area is 138 Å². The largest absolute Gasteiger partial charge is 0.335 e. The van der Waals surface area contributed by atoms with Gasteiger partial charge in [-0.3, -0.25) is 5.10 Å². The lowest BCUT2D eigenvalue weighted by molar-refractivity contribution is 0.460. The van der Waals surface area contributed by atoms with Gasteiger partial charge in [0.1, 0.15) is 5.69 Å². The van der Waals surface area contributed by atoms with Crippen LogP contribution in [0.5, 0.6) is 0 Å². The summed E-state index contributed by atoms with van der Waals surface area (Å²) in [5.41, 5.74) is 4.94. The maximum atomic E-state index is 4.59. The molecule has 0 amide bonds. The highest BCUT2D eigenvalue weighted by Gasteiger charge is 2.18. The van der Waals surface area contributed by atoms with E-state index in [1.807, 2.05) is 12.1 Å². The molecule has 0 aliphatic carbocycles. The van der Waals surface area contributed by atoms with Crippen molar-refractivity contribution in [2.45, 2.75) is 18.8 Å². The molecule has 0 saturated carbocycles. The van der Waals surface area contributed by atoms with Crippen molar-refractivity contribution in [3.05, 3.63) is 42.1 Å². The third-order valence-corrected chi connectivity index (χ3v) is 4.88. The lowest BCUT2D eigenvalue weighted by Gasteiger charge is -2.23. The van der Waals surface area contributed by atoms with Gasteiger partial charge >= 0.3 is 0 Å². The third kappa shape index (κ3) is 2.18. The van der Waals surface area contributed by atoms with Crippen LogP contribution in [0.15, 0.2) is 36.5 Å². The number of hydrogen-bond acceptors (Lipinski definition) is 4. The van der Waals surface area contributed by atoms with Crippen molar-refractivity contribution in [3.8, 4) is 11.5 Å². The van der Waals surface area contributed by atoms with Gasteiger partial charge in [0.25, 0.3) is 0 Å². The molecule has 0 radical (unpaired) electrons. The highest BCUT2D eigenvalue weighted by atomic mass is 15.1. The van der Waals surface area contributed by atoms with Crippen molar-refractivity contribution in [2.75, 3.05) is 13.1 Å². The summed E-state index contributed by atoms with van der Waals surface area (Å²) in [6.07, 6.45) is 4.13. The quantitative estimate of drug-likeness (QED) is 0.531. The van der Waals surface area contributed by atoms with Crippen molar-refractivity contribution < 1.29 is 0 Å². The van der Waals surface area contributed by atoms with Gasteiger partial charge in [-0.1, -0.05) is 6.07 Å². The van der Waals surface area contributed by atoms with E-state index in [0.29, 0.717) is 5.92 Å². The first-order chi connectivity index (χ1) is 11.9. The van der Waals surface area contributed by atoms with Crippen LogP contribution in [0.4, 0.5) is 0 Å². The predicted molar refractivity (Wildman–Crippen MR) is 93.8 cm³/mol. The zero-order valence-corrected chi connectivity index (χ0v) is 13.2. The SMILES string of the molecule is c1cnc2nc(-c3n[nH]c4ccc(C5CCNCC5)cc34)[nH]c2c1. The second-order valence-electron chi connectivity index (χ2n) is 6.36. The van der Waals surface area contributed by atoms with Crippen LogP contribution in [0.3, 0.4) is 0 Å². The summed E-state index contributed by atoms with van der Waals surface area (Å²) in [6, 6.07) is 10.5. The maximum absolute atomic E-state index is 4.59. The van der Waals surface area contributed by atoms with Crippen molar-refractivity contribution in [1.82, 2.24) is 30.5 Å². The fraction of sp³-hybridized carbons (Fsp3) is 0.278. The molecule has 3 N–H and O–H groups in total. The van der Waals surface area contributed by atoms with Crippen LogP contribution < -0.4 is 5.32 Å². The van der Waals surface area contributed by atoms with E-state index in [1.165, 1.54) is 18.4 Å². The third-order valence-electron chi connectivity index (χ3n) is 4.88. The molecular weight excluding hydrogens is 300 g/mol. The molecular formula is C18H18N6. The Balaban J connectivity index is 1.62. The summed E-state index contributed by atoms with van der Waals surface area (Å²) in [5.74, 6) is 1.38. The summed E-state index contributed by atoms with van der Waals surface area (Å²) >= 11 is 0. The van der Waals surface area contributed by atoms with Crippen molar-refractivity contribution in [3.63, 3.8) is 0 Å². The summed E-state index contributed by atoms with van der Waals surface area (Å²) in [7, 11) is 0. The van der Waals surface area contributed by atoms with Gasteiger partial charge in [0.15, 0.2) is 11.5 Å². The highest BCUT2D eigenvalue weighted by molar-refractivity contribution is 5.93. The normalized spacial score (nSPS) is 16.2. The second-order valence-corrected chi connectivity index (χ2v) is 6.36. The van der Waals surface area contributed by atoms with Crippen molar-refractivity contribution >= 4 is 22.1 Å². The van der Waals surface area contributed by atoms with E-state index < -0.39 is 0 Å². The van der Waals surface area contributed by atoms with Crippen LogP contribution in [0, 0.1) is 0 Å². The molecule has 1 saturated heterocycles. The lowest BCUT2D eigenvalue weighted by atomic mass is 9.89. The molecule has 24 heavy (non-hydrogen) atoms. The molecule has 4 aromatic rings. The molecule has 6 nitrogen and oxygen atoms in total. The van der Waals surface area contributed by atoms with Gasteiger partial charge in [-0.25, -0.2) is 9.97 Å². The first-order valence-corrected chi connectivity index (χ1v) is 8.38. The molecule has 1 aromatic carbocycles. The minimum Gasteiger partial charge on any atom is -0.335 e. The molecule has 0 atom stereocenters. The van der Waals surface area contributed by atoms with Gasteiger partial charge in [0, 0.05) is 11.6 Å². The summed E-state index contributed by atoms with van der Waals surface area (Å²) in [5, 5.41) is 12.2. The number of pyridine rings is 1. The van der Waals surface area contributed by atoms with Gasteiger partial charge in [-0.05, 0) is 61.7 Å². The minimum atomic E-state index is 0.621. The molecule has 0 bridgehead atoms. The molecule has 1 aliphatic heterocycles. The first-order valence-electron chi connectivity index (χ1n) is 8.38. The van der Waals surface area contributed by atoms with E-state index in [2.05, 4.69) is 48.7 Å². The van der Waals surface area contributed by atoms with Gasteiger partial charge in [0.2, 0.25) is 0 Å². The fourth-order valence-electron chi connectivity index (χ4n) is 3.58. The Morgan fingerprint density at radius 3 is 2.83 bits per heavy atom. The van der Waals surface area contributed by atoms with Crippen LogP contribution in [0.2, 0.25) is 0 Å². The summed E-state index contributed by atoms with van der Waals surface area (Å²) in [4.78, 5) is 12.2. The number of aromatic amines is 2. The minimum absolute atomic E-state index is 0.621. The number of imidazole rings is 1. The Morgan fingerprint density at radius 2 is 1.96 bits per heavy atom. The van der Waals surface area contributed by atoms with E-state index in [4.69, 9.17) is 0 Å². The number of fused-ring (bicyclic) bond motifs is 2. The number of rotatable bonds is 2. The smallest absolute Gasteiger partial charge is 0.178 e. The monoisotopic (exact) mass is 318 g/mol. The maximum Gasteiger partial charge on any atom is 0.178 e. The molecule has 1 aliphatic rings. The van der Waals surface area contributed by atoms with E-state index in [-0.39, 0.29) is 0 Å². The number of piperidine rings is 1. The molecule has 0 spiro atoms. The fourth-order valence-corrected chi connectivity index (χ4v) is 3.58. The summed E-state index contributed by atoms with van der Waals surface area (Å²) in [6.45, 7) is 2.19. The number of nitrogens with one attached hydrogen (secondary N) is 3. The molecule has 5 rings (SSSR count). The van der Waals surface area contributed by atoms with Gasteiger partial charge in [-0.15, -0.1) is 0 Å². The number of benzene rings is 1. The standard InChI is InChI=1S/C18H18N6/c1-2-15-17(20-7-1)22-18(21-15)16-13-10-12(3-4-14(13)23-24-16)11-5-8-19-9-6-11/h1-4,7,10-11,19H,5-6,8-9H2,(H,23,24)(H,20,21,22). The molecule has 3 aromatic heterocycles. The van der Waals surface area contributed by atoms with Gasteiger partial charge < -0.3 is 10.3 Å². The first kappa shape index (κ1) is 13.7. The average Bonchev–Trinajstić information content (AvgIpc) is 3.25. The summed E-state index contributed by atoms with van der Waals surface area (Å²) < 4.78 is 0. The van der Waals surface area contributed by atoms with E-state index >= 15 is 0 Å². The molecule has 120 valence electrons. The Bertz CT molecular complexity index is 976. The Kier molecular flexibility index (Phi) is 3.09. The van der Waals surface area contributed by atoms with Crippen LogP contribution >= 0.6 is 0 Å². The van der Waals surface area contributed by atoms with Crippen LogP contribution in [0.25, 0.3) is 33.6 Å². The van der Waals surface area contributed by atoms with Crippen molar-refractivity contribution in [1.29, 1.82) is 0 Å². The van der Waals surface area contributed by atoms with Gasteiger partial charge in [-0.2, -0.15) is 5.10 Å². The number of H-pyrrole nitrogens is 2. The van der Waals surface area contributed by atoms with Gasteiger partial charge in [0.05, 0.1) is 11.0 Å². The molecule has 0 unspecified atom stereocenters. The number of nitrogens with zero attached hydrogens (tertiary/aromatic N) is 3. The molecule has 1 fully saturated rings. The van der Waals surface area contributed by atoms with Crippen LogP contribution in [0.1, 0.15) is 24.3 Å². The van der Waals surface area contributed by atoms with Crippen molar-refractivity contribution in [2.24, 2.45) is 0 Å². The molecule has 6 heteroatoms. The highest BCUT2D eigenvalue weighted by Crippen LogP contribution is 2.31.